The second-order valence-corrected chi connectivity index (χ2v) is 8.20. The molecule has 0 amide bonds. The third-order valence-electron chi connectivity index (χ3n) is 4.49. The molecule has 2 rings (SSSR count). The van der Waals surface area contributed by atoms with Crippen LogP contribution in [-0.4, -0.2) is 16.1 Å². The Morgan fingerprint density at radius 3 is 2.43 bits per heavy atom. The molecule has 0 aliphatic heterocycles. The lowest BCUT2D eigenvalue weighted by atomic mass is 9.84. The number of nitrogens with zero attached hydrogens (tertiary/aromatic N) is 2. The lowest BCUT2D eigenvalue weighted by Crippen LogP contribution is -2.30. The summed E-state index contributed by atoms with van der Waals surface area (Å²) in [5.41, 5.74) is 1.28. The van der Waals surface area contributed by atoms with Crippen LogP contribution in [0.4, 0.5) is 0 Å². The third kappa shape index (κ3) is 4.49. The summed E-state index contributed by atoms with van der Waals surface area (Å²) in [6.07, 6.45) is 9.46. The molecule has 1 saturated carbocycles. The molecule has 1 aromatic heterocycles. The SMILES string of the molecule is CCCNC(c1snnc1C(C)(C)C)C1CCCCCC1. The molecule has 0 radical (unpaired) electrons. The fourth-order valence-electron chi connectivity index (χ4n) is 3.34. The van der Waals surface area contributed by atoms with Crippen LogP contribution in [0.1, 0.15) is 89.3 Å². The fourth-order valence-corrected chi connectivity index (χ4v) is 4.37. The Bertz CT molecular complexity index is 414. The number of rotatable bonds is 5. The molecule has 3 nitrogen and oxygen atoms in total. The van der Waals surface area contributed by atoms with E-state index >= 15 is 0 Å². The summed E-state index contributed by atoms with van der Waals surface area (Å²) in [5.74, 6) is 0.752. The van der Waals surface area contributed by atoms with E-state index in [1.54, 1.807) is 11.5 Å². The van der Waals surface area contributed by atoms with Gasteiger partial charge in [-0.1, -0.05) is 57.9 Å². The average molecular weight is 310 g/mol. The van der Waals surface area contributed by atoms with E-state index in [1.165, 1.54) is 55.5 Å². The number of hydrogen-bond acceptors (Lipinski definition) is 4. The Hall–Kier alpha value is -0.480. The summed E-state index contributed by atoms with van der Waals surface area (Å²) in [4.78, 5) is 1.39. The van der Waals surface area contributed by atoms with Crippen molar-refractivity contribution < 1.29 is 0 Å². The third-order valence-corrected chi connectivity index (χ3v) is 5.30. The summed E-state index contributed by atoms with van der Waals surface area (Å²) < 4.78 is 4.29. The molecule has 1 unspecified atom stereocenters. The van der Waals surface area contributed by atoms with Crippen LogP contribution in [0.5, 0.6) is 0 Å². The molecule has 21 heavy (non-hydrogen) atoms. The van der Waals surface area contributed by atoms with Crippen molar-refractivity contribution >= 4 is 11.5 Å². The largest absolute Gasteiger partial charge is 0.309 e. The molecule has 0 spiro atoms. The highest BCUT2D eigenvalue weighted by Gasteiger charge is 2.31. The van der Waals surface area contributed by atoms with Gasteiger partial charge in [-0.2, -0.15) is 0 Å². The molecule has 1 fully saturated rings. The van der Waals surface area contributed by atoms with Gasteiger partial charge in [-0.05, 0) is 43.3 Å². The highest BCUT2D eigenvalue weighted by molar-refractivity contribution is 7.05. The van der Waals surface area contributed by atoms with Gasteiger partial charge in [0, 0.05) is 11.5 Å². The smallest absolute Gasteiger partial charge is 0.0857 e. The molecule has 0 saturated heterocycles. The topological polar surface area (TPSA) is 37.8 Å². The van der Waals surface area contributed by atoms with E-state index in [-0.39, 0.29) is 5.41 Å². The van der Waals surface area contributed by atoms with Gasteiger partial charge in [0.2, 0.25) is 0 Å². The molecular weight excluding hydrogens is 278 g/mol. The van der Waals surface area contributed by atoms with Crippen molar-refractivity contribution in [3.8, 4) is 0 Å². The molecule has 1 heterocycles. The normalized spacial score (nSPS) is 19.4. The summed E-state index contributed by atoms with van der Waals surface area (Å²) in [7, 11) is 0. The van der Waals surface area contributed by atoms with E-state index in [2.05, 4.69) is 42.6 Å². The molecule has 1 aliphatic carbocycles. The van der Waals surface area contributed by atoms with Gasteiger partial charge >= 0.3 is 0 Å². The van der Waals surface area contributed by atoms with Crippen molar-refractivity contribution in [2.24, 2.45) is 5.92 Å². The molecule has 120 valence electrons. The summed E-state index contributed by atoms with van der Waals surface area (Å²) in [6, 6.07) is 0.456. The maximum Gasteiger partial charge on any atom is 0.0857 e. The zero-order chi connectivity index (χ0) is 15.3. The summed E-state index contributed by atoms with van der Waals surface area (Å²) in [5, 5.41) is 8.28. The van der Waals surface area contributed by atoms with Crippen molar-refractivity contribution in [2.75, 3.05) is 6.54 Å². The van der Waals surface area contributed by atoms with Gasteiger partial charge in [0.05, 0.1) is 10.6 Å². The second-order valence-electron chi connectivity index (χ2n) is 7.42. The number of aromatic nitrogens is 2. The van der Waals surface area contributed by atoms with Crippen molar-refractivity contribution in [1.29, 1.82) is 0 Å². The van der Waals surface area contributed by atoms with Crippen LogP contribution in [0.25, 0.3) is 0 Å². The Morgan fingerprint density at radius 1 is 1.19 bits per heavy atom. The quantitative estimate of drug-likeness (QED) is 0.790. The molecule has 0 bridgehead atoms. The van der Waals surface area contributed by atoms with E-state index in [9.17, 15) is 0 Å². The fraction of sp³-hybridized carbons (Fsp3) is 0.882. The first-order chi connectivity index (χ1) is 10.0. The van der Waals surface area contributed by atoms with Crippen LogP contribution in [-0.2, 0) is 5.41 Å². The van der Waals surface area contributed by atoms with Gasteiger partial charge in [0.1, 0.15) is 0 Å². The zero-order valence-corrected chi connectivity index (χ0v) is 14.9. The van der Waals surface area contributed by atoms with Crippen LogP contribution < -0.4 is 5.32 Å². The molecule has 1 aliphatic rings. The van der Waals surface area contributed by atoms with Gasteiger partial charge in [-0.3, -0.25) is 0 Å². The highest BCUT2D eigenvalue weighted by atomic mass is 32.1. The highest BCUT2D eigenvalue weighted by Crippen LogP contribution is 2.38. The number of nitrogens with one attached hydrogen (secondary N) is 1. The van der Waals surface area contributed by atoms with E-state index in [0.717, 1.165) is 12.5 Å². The first kappa shape index (κ1) is 16.9. The summed E-state index contributed by atoms with van der Waals surface area (Å²) >= 11 is 1.61. The minimum atomic E-state index is 0.0825. The summed E-state index contributed by atoms with van der Waals surface area (Å²) in [6.45, 7) is 10.1. The average Bonchev–Trinajstić information content (AvgIpc) is 2.76. The van der Waals surface area contributed by atoms with Crippen LogP contribution >= 0.6 is 11.5 Å². The lowest BCUT2D eigenvalue weighted by Gasteiger charge is -2.29. The van der Waals surface area contributed by atoms with Crippen LogP contribution in [0.3, 0.4) is 0 Å². The molecule has 0 aromatic carbocycles. The van der Waals surface area contributed by atoms with E-state index in [1.807, 2.05) is 0 Å². The second kappa shape index (κ2) is 7.68. The first-order valence-electron chi connectivity index (χ1n) is 8.60. The lowest BCUT2D eigenvalue weighted by molar-refractivity contribution is 0.325. The Kier molecular flexibility index (Phi) is 6.18. The Morgan fingerprint density at radius 2 is 1.86 bits per heavy atom. The zero-order valence-electron chi connectivity index (χ0n) is 14.1. The maximum absolute atomic E-state index is 4.46. The van der Waals surface area contributed by atoms with Gasteiger partial charge in [0.25, 0.3) is 0 Å². The van der Waals surface area contributed by atoms with Crippen molar-refractivity contribution in [1.82, 2.24) is 14.9 Å². The maximum atomic E-state index is 4.46. The predicted molar refractivity (Wildman–Crippen MR) is 90.8 cm³/mol. The van der Waals surface area contributed by atoms with E-state index < -0.39 is 0 Å². The number of hydrogen-bond donors (Lipinski definition) is 1. The van der Waals surface area contributed by atoms with Crippen molar-refractivity contribution in [3.63, 3.8) is 0 Å². The van der Waals surface area contributed by atoms with E-state index in [4.69, 9.17) is 0 Å². The molecular formula is C17H31N3S. The molecule has 4 heteroatoms. The van der Waals surface area contributed by atoms with Gasteiger partial charge in [-0.15, -0.1) is 5.10 Å². The Labute approximate surface area is 134 Å². The monoisotopic (exact) mass is 309 g/mol. The Balaban J connectivity index is 2.24. The van der Waals surface area contributed by atoms with Gasteiger partial charge in [0.15, 0.2) is 0 Å². The molecule has 1 N–H and O–H groups in total. The van der Waals surface area contributed by atoms with Crippen LogP contribution in [0.15, 0.2) is 0 Å². The van der Waals surface area contributed by atoms with Crippen molar-refractivity contribution in [3.05, 3.63) is 10.6 Å². The van der Waals surface area contributed by atoms with Crippen LogP contribution in [0.2, 0.25) is 0 Å². The van der Waals surface area contributed by atoms with Crippen molar-refractivity contribution in [2.45, 2.75) is 84.1 Å². The molecule has 1 atom stereocenters. The molecule has 1 aromatic rings. The predicted octanol–water partition coefficient (Wildman–Crippen LogP) is 4.85. The minimum absolute atomic E-state index is 0.0825. The standard InChI is InChI=1S/C17H31N3S/c1-5-12-18-14(13-10-8-6-7-9-11-13)15-16(17(2,3)4)19-20-21-15/h13-14,18H,5-12H2,1-4H3. The first-order valence-corrected chi connectivity index (χ1v) is 9.37. The van der Waals surface area contributed by atoms with Crippen LogP contribution in [0, 0.1) is 5.92 Å². The minimum Gasteiger partial charge on any atom is -0.309 e. The van der Waals surface area contributed by atoms with Gasteiger partial charge in [-0.25, -0.2) is 0 Å². The van der Waals surface area contributed by atoms with E-state index in [0.29, 0.717) is 6.04 Å². The van der Waals surface area contributed by atoms with Gasteiger partial charge < -0.3 is 5.32 Å².